The summed E-state index contributed by atoms with van der Waals surface area (Å²) in [7, 11) is 2.13. The largest absolute Gasteiger partial charge is 0.369 e. The summed E-state index contributed by atoms with van der Waals surface area (Å²) >= 11 is 5.81. The minimum absolute atomic E-state index is 0.135. The van der Waals surface area contributed by atoms with Crippen LogP contribution in [0.2, 0.25) is 5.02 Å². The molecule has 2 aromatic carbocycles. The molecule has 0 saturated carbocycles. The van der Waals surface area contributed by atoms with Crippen LogP contribution in [0.4, 0.5) is 11.4 Å². The fraction of sp³-hybridized carbons (Fsp3) is 0.333. The van der Waals surface area contributed by atoms with Gasteiger partial charge >= 0.3 is 0 Å². The van der Waals surface area contributed by atoms with Crippen molar-refractivity contribution in [3.63, 3.8) is 0 Å². The highest BCUT2D eigenvalue weighted by atomic mass is 35.5. The Morgan fingerprint density at radius 3 is 2.25 bits per heavy atom. The number of amides is 2. The standard InChI is InChI=1S/C21H25ClN4O2/c1-25-12-14-26(15-13-25)19-8-6-18(7-9-19)24-20(27)10-11-23-21(28)16-2-4-17(22)5-3-16/h2-9H,10-15H2,1H3,(H,23,28)(H,24,27). The molecule has 0 radical (unpaired) electrons. The van der Waals surface area contributed by atoms with E-state index in [9.17, 15) is 9.59 Å². The molecule has 1 heterocycles. The lowest BCUT2D eigenvalue weighted by Crippen LogP contribution is -2.44. The van der Waals surface area contributed by atoms with Gasteiger partial charge in [-0.25, -0.2) is 0 Å². The second-order valence-corrected chi connectivity index (χ2v) is 7.33. The van der Waals surface area contributed by atoms with E-state index in [-0.39, 0.29) is 24.8 Å². The minimum Gasteiger partial charge on any atom is -0.369 e. The molecular weight excluding hydrogens is 376 g/mol. The molecule has 0 atom stereocenters. The zero-order chi connectivity index (χ0) is 19.9. The van der Waals surface area contributed by atoms with Crippen molar-refractivity contribution in [1.29, 1.82) is 0 Å². The van der Waals surface area contributed by atoms with Crippen molar-refractivity contribution in [3.8, 4) is 0 Å². The first-order valence-corrected chi connectivity index (χ1v) is 9.76. The van der Waals surface area contributed by atoms with Crippen molar-refractivity contribution in [2.45, 2.75) is 6.42 Å². The van der Waals surface area contributed by atoms with Crippen LogP contribution in [0.1, 0.15) is 16.8 Å². The van der Waals surface area contributed by atoms with Crippen molar-refractivity contribution in [2.24, 2.45) is 0 Å². The summed E-state index contributed by atoms with van der Waals surface area (Å²) in [6.45, 7) is 4.40. The number of carbonyl (C=O) groups is 2. The predicted molar refractivity (Wildman–Crippen MR) is 113 cm³/mol. The third kappa shape index (κ3) is 5.71. The molecule has 2 aromatic rings. The maximum atomic E-state index is 12.1. The molecule has 148 valence electrons. The average molecular weight is 401 g/mol. The van der Waals surface area contributed by atoms with Crippen LogP contribution in [0.25, 0.3) is 0 Å². The quantitative estimate of drug-likeness (QED) is 0.782. The van der Waals surface area contributed by atoms with Gasteiger partial charge in [-0.15, -0.1) is 0 Å². The Morgan fingerprint density at radius 2 is 1.61 bits per heavy atom. The molecule has 1 saturated heterocycles. The van der Waals surface area contributed by atoms with Crippen LogP contribution in [0.5, 0.6) is 0 Å². The summed E-state index contributed by atoms with van der Waals surface area (Å²) in [5.41, 5.74) is 2.44. The first kappa shape index (κ1) is 20.2. The summed E-state index contributed by atoms with van der Waals surface area (Å²) in [5.74, 6) is -0.357. The van der Waals surface area contributed by atoms with E-state index in [0.29, 0.717) is 10.6 Å². The van der Waals surface area contributed by atoms with E-state index in [1.165, 1.54) is 5.69 Å². The molecule has 28 heavy (non-hydrogen) atoms. The maximum absolute atomic E-state index is 12.1. The summed E-state index contributed by atoms with van der Waals surface area (Å²) in [6, 6.07) is 14.5. The summed E-state index contributed by atoms with van der Waals surface area (Å²) in [5, 5.41) is 6.18. The minimum atomic E-state index is -0.221. The Hall–Kier alpha value is -2.57. The summed E-state index contributed by atoms with van der Waals surface area (Å²) in [4.78, 5) is 28.8. The molecule has 3 rings (SSSR count). The van der Waals surface area contributed by atoms with Crippen LogP contribution in [0, 0.1) is 0 Å². The zero-order valence-electron chi connectivity index (χ0n) is 16.0. The van der Waals surface area contributed by atoms with E-state index in [1.54, 1.807) is 24.3 Å². The Bertz CT molecular complexity index is 800. The monoisotopic (exact) mass is 400 g/mol. The second kappa shape index (κ2) is 9.57. The molecule has 2 amide bonds. The van der Waals surface area contributed by atoms with Gasteiger partial charge in [0.2, 0.25) is 5.91 Å². The first-order valence-electron chi connectivity index (χ1n) is 9.38. The van der Waals surface area contributed by atoms with Crippen LogP contribution in [0.3, 0.4) is 0 Å². The Balaban J connectivity index is 1.42. The SMILES string of the molecule is CN1CCN(c2ccc(NC(=O)CCNC(=O)c3ccc(Cl)cc3)cc2)CC1. The number of benzene rings is 2. The highest BCUT2D eigenvalue weighted by Gasteiger charge is 2.14. The molecule has 6 nitrogen and oxygen atoms in total. The molecule has 2 N–H and O–H groups in total. The molecule has 7 heteroatoms. The van der Waals surface area contributed by atoms with Crippen molar-refractivity contribution in [1.82, 2.24) is 10.2 Å². The van der Waals surface area contributed by atoms with E-state index >= 15 is 0 Å². The topological polar surface area (TPSA) is 64.7 Å². The van der Waals surface area contributed by atoms with Gasteiger partial charge in [0, 0.05) is 61.1 Å². The van der Waals surface area contributed by atoms with Crippen molar-refractivity contribution in [3.05, 3.63) is 59.1 Å². The van der Waals surface area contributed by atoms with Gasteiger partial charge < -0.3 is 20.4 Å². The molecule has 0 spiro atoms. The lowest BCUT2D eigenvalue weighted by molar-refractivity contribution is -0.116. The fourth-order valence-electron chi connectivity index (χ4n) is 3.04. The molecule has 0 aromatic heterocycles. The third-order valence-electron chi connectivity index (χ3n) is 4.76. The van der Waals surface area contributed by atoms with E-state index < -0.39 is 0 Å². The average Bonchev–Trinajstić information content (AvgIpc) is 2.70. The molecule has 1 aliphatic heterocycles. The third-order valence-corrected chi connectivity index (χ3v) is 5.02. The van der Waals surface area contributed by atoms with Crippen LogP contribution < -0.4 is 15.5 Å². The van der Waals surface area contributed by atoms with Gasteiger partial charge in [0.05, 0.1) is 0 Å². The summed E-state index contributed by atoms with van der Waals surface area (Å²) in [6.07, 6.45) is 0.208. The maximum Gasteiger partial charge on any atom is 0.251 e. The van der Waals surface area contributed by atoms with Gasteiger partial charge in [0.1, 0.15) is 0 Å². The van der Waals surface area contributed by atoms with Gasteiger partial charge in [-0.2, -0.15) is 0 Å². The predicted octanol–water partition coefficient (Wildman–Crippen LogP) is 2.85. The Kier molecular flexibility index (Phi) is 6.90. The molecule has 1 fully saturated rings. The first-order chi connectivity index (χ1) is 13.5. The Labute approximate surface area is 170 Å². The molecule has 1 aliphatic rings. The van der Waals surface area contributed by atoms with Gasteiger partial charge in [-0.1, -0.05) is 11.6 Å². The van der Waals surface area contributed by atoms with Gasteiger partial charge in [-0.05, 0) is 55.6 Å². The highest BCUT2D eigenvalue weighted by molar-refractivity contribution is 6.30. The number of carbonyl (C=O) groups excluding carboxylic acids is 2. The van der Waals surface area contributed by atoms with E-state index in [2.05, 4.69) is 27.5 Å². The van der Waals surface area contributed by atoms with Gasteiger partial charge in [-0.3, -0.25) is 9.59 Å². The smallest absolute Gasteiger partial charge is 0.251 e. The van der Waals surface area contributed by atoms with Crippen molar-refractivity contribution in [2.75, 3.05) is 50.0 Å². The lowest BCUT2D eigenvalue weighted by atomic mass is 10.2. The van der Waals surface area contributed by atoms with Crippen LogP contribution in [-0.2, 0) is 4.79 Å². The molecule has 0 unspecified atom stereocenters. The second-order valence-electron chi connectivity index (χ2n) is 6.90. The Morgan fingerprint density at radius 1 is 0.964 bits per heavy atom. The number of hydrogen-bond donors (Lipinski definition) is 2. The van der Waals surface area contributed by atoms with E-state index in [1.807, 2.05) is 24.3 Å². The number of halogens is 1. The normalized spacial score (nSPS) is 14.6. The number of piperazine rings is 1. The fourth-order valence-corrected chi connectivity index (χ4v) is 3.16. The molecular formula is C21H25ClN4O2. The summed E-state index contributed by atoms with van der Waals surface area (Å²) < 4.78 is 0. The van der Waals surface area contributed by atoms with E-state index in [4.69, 9.17) is 11.6 Å². The number of nitrogens with one attached hydrogen (secondary N) is 2. The van der Waals surface area contributed by atoms with Crippen LogP contribution >= 0.6 is 11.6 Å². The molecule has 0 aliphatic carbocycles. The number of rotatable bonds is 6. The number of likely N-dealkylation sites (N-methyl/N-ethyl adjacent to an activating group) is 1. The number of anilines is 2. The van der Waals surface area contributed by atoms with Crippen molar-refractivity contribution >= 4 is 34.8 Å². The van der Waals surface area contributed by atoms with Crippen LogP contribution in [0.15, 0.2) is 48.5 Å². The van der Waals surface area contributed by atoms with Gasteiger partial charge in [0.15, 0.2) is 0 Å². The van der Waals surface area contributed by atoms with E-state index in [0.717, 1.165) is 31.9 Å². The zero-order valence-corrected chi connectivity index (χ0v) is 16.7. The highest BCUT2D eigenvalue weighted by Crippen LogP contribution is 2.19. The molecule has 0 bridgehead atoms. The van der Waals surface area contributed by atoms with Gasteiger partial charge in [0.25, 0.3) is 5.91 Å². The number of nitrogens with zero attached hydrogens (tertiary/aromatic N) is 2. The van der Waals surface area contributed by atoms with Crippen molar-refractivity contribution < 1.29 is 9.59 Å². The van der Waals surface area contributed by atoms with Crippen LogP contribution in [-0.4, -0.2) is 56.5 Å². The lowest BCUT2D eigenvalue weighted by Gasteiger charge is -2.34. The number of hydrogen-bond acceptors (Lipinski definition) is 4.